The molecule has 0 bridgehead atoms. The second-order valence-electron chi connectivity index (χ2n) is 10.6. The van der Waals surface area contributed by atoms with Crippen molar-refractivity contribution < 1.29 is 4.42 Å². The zero-order valence-corrected chi connectivity index (χ0v) is 21.1. The summed E-state index contributed by atoms with van der Waals surface area (Å²) in [6.07, 6.45) is 0. The number of hydrogen-bond donors (Lipinski definition) is 0. The number of fused-ring (bicyclic) bond motifs is 7. The van der Waals surface area contributed by atoms with Crippen molar-refractivity contribution in [3.05, 3.63) is 133 Å². The van der Waals surface area contributed by atoms with Crippen LogP contribution >= 0.6 is 0 Å². The standard InChI is InChI=1S/C38H22O/c1-2-11-31-30(10-1)33-13-6-9-27-19-29(21-35(31)38(27)33)24-8-5-7-23(17-24)25-15-16-26-22-37-34(20-28(26)18-25)32-12-3-4-14-36(32)39-37/h1-22H. The summed E-state index contributed by atoms with van der Waals surface area (Å²) < 4.78 is 6.12. The molecule has 1 aromatic heterocycles. The van der Waals surface area contributed by atoms with Crippen molar-refractivity contribution in [2.45, 2.75) is 0 Å². The van der Waals surface area contributed by atoms with Gasteiger partial charge in [-0.1, -0.05) is 91.0 Å². The quantitative estimate of drug-likeness (QED) is 0.233. The van der Waals surface area contributed by atoms with Gasteiger partial charge in [0.15, 0.2) is 0 Å². The smallest absolute Gasteiger partial charge is 0.136 e. The van der Waals surface area contributed by atoms with Crippen molar-refractivity contribution in [3.8, 4) is 44.5 Å². The van der Waals surface area contributed by atoms with Gasteiger partial charge in [-0.2, -0.15) is 0 Å². The van der Waals surface area contributed by atoms with Crippen LogP contribution in [0, 0.1) is 0 Å². The summed E-state index contributed by atoms with van der Waals surface area (Å²) >= 11 is 0. The monoisotopic (exact) mass is 494 g/mol. The molecule has 0 fully saturated rings. The molecule has 1 heterocycles. The molecule has 8 aromatic rings. The van der Waals surface area contributed by atoms with Crippen LogP contribution in [-0.2, 0) is 0 Å². The molecule has 0 aliphatic heterocycles. The lowest BCUT2D eigenvalue weighted by molar-refractivity contribution is 0.669. The van der Waals surface area contributed by atoms with E-state index < -0.39 is 0 Å². The van der Waals surface area contributed by atoms with Gasteiger partial charge in [0.05, 0.1) is 0 Å². The normalized spacial score (nSPS) is 12.1. The third-order valence-electron chi connectivity index (χ3n) is 8.35. The molecule has 0 unspecified atom stereocenters. The minimum Gasteiger partial charge on any atom is -0.456 e. The molecule has 0 saturated carbocycles. The van der Waals surface area contributed by atoms with Gasteiger partial charge in [-0.15, -0.1) is 0 Å². The van der Waals surface area contributed by atoms with Crippen molar-refractivity contribution >= 4 is 43.5 Å². The van der Waals surface area contributed by atoms with Crippen LogP contribution in [-0.4, -0.2) is 0 Å². The first-order valence-electron chi connectivity index (χ1n) is 13.4. The first-order chi connectivity index (χ1) is 19.3. The molecule has 0 spiro atoms. The molecule has 1 aliphatic rings. The van der Waals surface area contributed by atoms with Crippen molar-refractivity contribution in [2.75, 3.05) is 0 Å². The molecule has 9 rings (SSSR count). The summed E-state index contributed by atoms with van der Waals surface area (Å²) in [7, 11) is 0. The molecule has 1 nitrogen and oxygen atoms in total. The second kappa shape index (κ2) is 7.69. The number of para-hydroxylation sites is 1. The first-order valence-corrected chi connectivity index (χ1v) is 13.4. The Hall–Kier alpha value is -5.14. The van der Waals surface area contributed by atoms with E-state index in [2.05, 4.69) is 121 Å². The van der Waals surface area contributed by atoms with E-state index in [1.807, 2.05) is 12.1 Å². The van der Waals surface area contributed by atoms with Gasteiger partial charge in [-0.25, -0.2) is 0 Å². The highest BCUT2D eigenvalue weighted by atomic mass is 16.3. The molecule has 0 saturated heterocycles. The Bertz CT molecular complexity index is 2280. The Labute approximate surface area is 225 Å². The summed E-state index contributed by atoms with van der Waals surface area (Å²) in [5.41, 5.74) is 12.1. The van der Waals surface area contributed by atoms with Gasteiger partial charge in [0.2, 0.25) is 0 Å². The van der Waals surface area contributed by atoms with E-state index in [1.165, 1.54) is 66.1 Å². The predicted molar refractivity (Wildman–Crippen MR) is 164 cm³/mol. The third kappa shape index (κ3) is 3.02. The van der Waals surface area contributed by atoms with Crippen LogP contribution in [0.5, 0.6) is 0 Å². The Morgan fingerprint density at radius 3 is 1.97 bits per heavy atom. The largest absolute Gasteiger partial charge is 0.456 e. The Morgan fingerprint density at radius 1 is 0.333 bits per heavy atom. The van der Waals surface area contributed by atoms with Crippen LogP contribution in [0.3, 0.4) is 0 Å². The van der Waals surface area contributed by atoms with Gasteiger partial charge in [-0.3, -0.25) is 0 Å². The maximum atomic E-state index is 6.12. The summed E-state index contributed by atoms with van der Waals surface area (Å²) in [6.45, 7) is 0. The van der Waals surface area contributed by atoms with Crippen molar-refractivity contribution in [1.29, 1.82) is 0 Å². The number of rotatable bonds is 2. The zero-order valence-electron chi connectivity index (χ0n) is 21.1. The zero-order chi connectivity index (χ0) is 25.5. The van der Waals surface area contributed by atoms with Crippen LogP contribution in [0.25, 0.3) is 88.0 Å². The van der Waals surface area contributed by atoms with Gasteiger partial charge >= 0.3 is 0 Å². The van der Waals surface area contributed by atoms with Crippen LogP contribution in [0.4, 0.5) is 0 Å². The van der Waals surface area contributed by atoms with Gasteiger partial charge in [-0.05, 0) is 109 Å². The SMILES string of the molecule is c1cc(-c2ccc3cc4oc5ccccc5c4cc3c2)cc(-c2cc3c4c(cccc4c2)-c2ccccc2-3)c1. The van der Waals surface area contributed by atoms with Crippen molar-refractivity contribution in [3.63, 3.8) is 0 Å². The van der Waals surface area contributed by atoms with Crippen LogP contribution in [0.2, 0.25) is 0 Å². The average molecular weight is 495 g/mol. The van der Waals surface area contributed by atoms with E-state index in [-0.39, 0.29) is 0 Å². The molecule has 0 atom stereocenters. The molecule has 1 heteroatoms. The molecule has 0 radical (unpaired) electrons. The van der Waals surface area contributed by atoms with Gasteiger partial charge < -0.3 is 4.42 Å². The summed E-state index contributed by atoms with van der Waals surface area (Å²) in [5, 5.41) is 7.40. The Balaban J connectivity index is 1.19. The van der Waals surface area contributed by atoms with E-state index in [1.54, 1.807) is 0 Å². The van der Waals surface area contributed by atoms with Gasteiger partial charge in [0.1, 0.15) is 11.2 Å². The highest BCUT2D eigenvalue weighted by molar-refractivity contribution is 6.16. The minimum absolute atomic E-state index is 0.934. The molecule has 0 amide bonds. The second-order valence-corrected chi connectivity index (χ2v) is 10.6. The van der Waals surface area contributed by atoms with Crippen LogP contribution in [0.15, 0.2) is 138 Å². The Kier molecular flexibility index (Phi) is 4.11. The molecule has 0 N–H and O–H groups in total. The minimum atomic E-state index is 0.934. The van der Waals surface area contributed by atoms with Gasteiger partial charge in [0.25, 0.3) is 0 Å². The fourth-order valence-corrected chi connectivity index (χ4v) is 6.51. The fourth-order valence-electron chi connectivity index (χ4n) is 6.51. The summed E-state index contributed by atoms with van der Waals surface area (Å²) in [5.74, 6) is 0. The number of hydrogen-bond acceptors (Lipinski definition) is 1. The van der Waals surface area contributed by atoms with E-state index in [4.69, 9.17) is 4.42 Å². The molecule has 1 aliphatic carbocycles. The molecule has 7 aromatic carbocycles. The third-order valence-corrected chi connectivity index (χ3v) is 8.35. The maximum absolute atomic E-state index is 6.12. The molecule has 180 valence electrons. The van der Waals surface area contributed by atoms with Gasteiger partial charge in [0, 0.05) is 10.8 Å². The number of furan rings is 1. The lowest BCUT2D eigenvalue weighted by atomic mass is 9.93. The fraction of sp³-hybridized carbons (Fsp3) is 0. The molecular weight excluding hydrogens is 472 g/mol. The van der Waals surface area contributed by atoms with E-state index in [0.29, 0.717) is 0 Å². The topological polar surface area (TPSA) is 13.1 Å². The highest BCUT2D eigenvalue weighted by Crippen LogP contribution is 2.48. The first kappa shape index (κ1) is 20.9. The van der Waals surface area contributed by atoms with Crippen LogP contribution in [0.1, 0.15) is 0 Å². The lowest BCUT2D eigenvalue weighted by Gasteiger charge is -2.10. The maximum Gasteiger partial charge on any atom is 0.136 e. The number of benzene rings is 7. The molecular formula is C38H22O. The van der Waals surface area contributed by atoms with E-state index in [9.17, 15) is 0 Å². The lowest BCUT2D eigenvalue weighted by Crippen LogP contribution is -1.84. The highest BCUT2D eigenvalue weighted by Gasteiger charge is 2.21. The van der Waals surface area contributed by atoms with E-state index in [0.717, 1.165) is 21.9 Å². The molecule has 39 heavy (non-hydrogen) atoms. The average Bonchev–Trinajstić information content (AvgIpc) is 3.52. The van der Waals surface area contributed by atoms with E-state index >= 15 is 0 Å². The van der Waals surface area contributed by atoms with Crippen LogP contribution < -0.4 is 0 Å². The van der Waals surface area contributed by atoms with Crippen molar-refractivity contribution in [2.24, 2.45) is 0 Å². The summed E-state index contributed by atoms with van der Waals surface area (Å²) in [6, 6.07) is 48.5. The summed E-state index contributed by atoms with van der Waals surface area (Å²) in [4.78, 5) is 0. The Morgan fingerprint density at radius 2 is 1.05 bits per heavy atom. The predicted octanol–water partition coefficient (Wildman–Crippen LogP) is 10.9. The van der Waals surface area contributed by atoms with Crippen molar-refractivity contribution in [1.82, 2.24) is 0 Å².